The van der Waals surface area contributed by atoms with Gasteiger partial charge in [0.25, 0.3) is 0 Å². The van der Waals surface area contributed by atoms with Gasteiger partial charge in [0, 0.05) is 5.02 Å². The Hall–Kier alpha value is -5.22. The van der Waals surface area contributed by atoms with Gasteiger partial charge in [0.2, 0.25) is 11.8 Å². The molecule has 0 bridgehead atoms. The highest BCUT2D eigenvalue weighted by Gasteiger charge is 2.38. The molecule has 6 aromatic rings. The van der Waals surface area contributed by atoms with Crippen molar-refractivity contribution in [2.45, 2.75) is 19.4 Å². The van der Waals surface area contributed by atoms with E-state index in [1.54, 1.807) is 28.8 Å². The third-order valence-electron chi connectivity index (χ3n) is 7.04. The zero-order valence-corrected chi connectivity index (χ0v) is 23.4. The molecule has 3 aromatic carbocycles. The van der Waals surface area contributed by atoms with Gasteiger partial charge in [-0.05, 0) is 48.4 Å². The lowest BCUT2D eigenvalue weighted by Crippen LogP contribution is -2.16. The quantitative estimate of drug-likeness (QED) is 0.166. The molecule has 0 spiro atoms. The zero-order chi connectivity index (χ0) is 28.6. The molecule has 1 atom stereocenters. The van der Waals surface area contributed by atoms with E-state index in [0.29, 0.717) is 28.3 Å². The van der Waals surface area contributed by atoms with Gasteiger partial charge in [-0.15, -0.1) is 5.10 Å². The molecule has 11 heteroatoms. The molecule has 0 radical (unpaired) electrons. The first kappa shape index (κ1) is 25.7. The highest BCUT2D eigenvalue weighted by molar-refractivity contribution is 6.30. The van der Waals surface area contributed by atoms with Gasteiger partial charge in [0.1, 0.15) is 12.1 Å². The number of fused-ring (bicyclic) bond motifs is 4. The van der Waals surface area contributed by atoms with Gasteiger partial charge >= 0.3 is 0 Å². The minimum Gasteiger partial charge on any atom is -0.497 e. The molecule has 4 heterocycles. The van der Waals surface area contributed by atoms with Gasteiger partial charge in [0.05, 0.1) is 41.8 Å². The fourth-order valence-electron chi connectivity index (χ4n) is 5.13. The highest BCUT2D eigenvalue weighted by atomic mass is 35.5. The minimum atomic E-state index is -0.298. The van der Waals surface area contributed by atoms with Crippen LogP contribution in [0.25, 0.3) is 11.3 Å². The lowest BCUT2D eigenvalue weighted by molar-refractivity contribution is 0.126. The summed E-state index contributed by atoms with van der Waals surface area (Å²) in [5, 5.41) is 14.1. The maximum Gasteiger partial charge on any atom is 0.230 e. The van der Waals surface area contributed by atoms with Crippen LogP contribution in [0.5, 0.6) is 17.5 Å². The fourth-order valence-corrected chi connectivity index (χ4v) is 5.31. The van der Waals surface area contributed by atoms with E-state index in [4.69, 9.17) is 36.0 Å². The number of hydrogen-bond donors (Lipinski definition) is 0. The fraction of sp³-hybridized carbons (Fsp3) is 0.129. The predicted molar refractivity (Wildman–Crippen MR) is 157 cm³/mol. The Morgan fingerprint density at radius 2 is 1.83 bits per heavy atom. The molecular weight excluding hydrogens is 554 g/mol. The van der Waals surface area contributed by atoms with Crippen molar-refractivity contribution in [3.63, 3.8) is 0 Å². The van der Waals surface area contributed by atoms with Gasteiger partial charge in [-0.25, -0.2) is 19.2 Å². The Labute approximate surface area is 245 Å². The van der Waals surface area contributed by atoms with Crippen molar-refractivity contribution in [3.05, 3.63) is 124 Å². The first-order valence-corrected chi connectivity index (χ1v) is 13.6. The van der Waals surface area contributed by atoms with Crippen molar-refractivity contribution in [1.29, 1.82) is 0 Å². The standard InChI is InChI=1S/C31H24ClN7O3/c1-19-26-27(21-11-13-24(40-2)14-12-21)28-29-35-25(17-41-34-16-20-7-4-3-5-8-20)37-38(29)18-33-30(28)42-31(26)39(36-19)23-10-6-9-22(32)15-23/h3-16,18,27H,17H2,1-2H3/b34-16-/t27-/m1/s1. The minimum absolute atomic E-state index is 0.0881. The van der Waals surface area contributed by atoms with Gasteiger partial charge < -0.3 is 14.3 Å². The molecule has 10 nitrogen and oxygen atoms in total. The molecule has 0 saturated carbocycles. The van der Waals surface area contributed by atoms with E-state index in [1.807, 2.05) is 85.8 Å². The average Bonchev–Trinajstić information content (AvgIpc) is 3.59. The average molecular weight is 578 g/mol. The maximum absolute atomic E-state index is 6.47. The molecule has 1 aliphatic rings. The van der Waals surface area contributed by atoms with Crippen molar-refractivity contribution in [2.24, 2.45) is 5.16 Å². The Balaban J connectivity index is 1.32. The molecule has 208 valence electrons. The number of aromatic nitrogens is 6. The van der Waals surface area contributed by atoms with Crippen LogP contribution in [0, 0.1) is 6.92 Å². The first-order chi connectivity index (χ1) is 20.6. The molecule has 3 aromatic heterocycles. The number of rotatable bonds is 7. The summed E-state index contributed by atoms with van der Waals surface area (Å²) < 4.78 is 15.3. The van der Waals surface area contributed by atoms with Crippen LogP contribution in [0.2, 0.25) is 5.02 Å². The Bertz CT molecular complexity index is 1930. The van der Waals surface area contributed by atoms with E-state index >= 15 is 0 Å². The topological polar surface area (TPSA) is 101 Å². The third-order valence-corrected chi connectivity index (χ3v) is 7.27. The summed E-state index contributed by atoms with van der Waals surface area (Å²) in [6.07, 6.45) is 3.23. The van der Waals surface area contributed by atoms with Crippen LogP contribution in [0.1, 0.15) is 39.7 Å². The number of nitrogens with zero attached hydrogens (tertiary/aromatic N) is 7. The second-order valence-corrected chi connectivity index (χ2v) is 10.1. The zero-order valence-electron chi connectivity index (χ0n) is 22.7. The lowest BCUT2D eigenvalue weighted by atomic mass is 9.84. The molecule has 0 aliphatic carbocycles. The summed E-state index contributed by atoms with van der Waals surface area (Å²) in [5.74, 6) is 1.90. The smallest absolute Gasteiger partial charge is 0.230 e. The second-order valence-electron chi connectivity index (χ2n) is 9.68. The summed E-state index contributed by atoms with van der Waals surface area (Å²) in [7, 11) is 1.65. The van der Waals surface area contributed by atoms with E-state index in [0.717, 1.165) is 39.4 Å². The van der Waals surface area contributed by atoms with Crippen molar-refractivity contribution in [3.8, 4) is 23.2 Å². The molecule has 1 aliphatic heterocycles. The maximum atomic E-state index is 6.47. The van der Waals surface area contributed by atoms with Gasteiger partial charge in [-0.3, -0.25) is 0 Å². The number of methoxy groups -OCH3 is 1. The van der Waals surface area contributed by atoms with Crippen molar-refractivity contribution >= 4 is 23.5 Å². The molecular formula is C31H24ClN7O3. The lowest BCUT2D eigenvalue weighted by Gasteiger charge is -2.26. The molecule has 0 fully saturated rings. The molecule has 0 N–H and O–H groups in total. The van der Waals surface area contributed by atoms with Crippen LogP contribution < -0.4 is 9.47 Å². The van der Waals surface area contributed by atoms with Crippen LogP contribution in [0.15, 0.2) is 90.3 Å². The van der Waals surface area contributed by atoms with Crippen molar-refractivity contribution < 1.29 is 14.3 Å². The molecule has 0 unspecified atom stereocenters. The van der Waals surface area contributed by atoms with Crippen LogP contribution in [0.4, 0.5) is 0 Å². The van der Waals surface area contributed by atoms with E-state index < -0.39 is 0 Å². The number of oxime groups is 1. The van der Waals surface area contributed by atoms with Gasteiger partial charge in [-0.1, -0.05) is 65.3 Å². The summed E-state index contributed by atoms with van der Waals surface area (Å²) in [4.78, 5) is 15.0. The Morgan fingerprint density at radius 3 is 2.62 bits per heavy atom. The van der Waals surface area contributed by atoms with Gasteiger partial charge in [0.15, 0.2) is 18.1 Å². The van der Waals surface area contributed by atoms with Crippen molar-refractivity contribution in [1.82, 2.24) is 29.4 Å². The van der Waals surface area contributed by atoms with Crippen molar-refractivity contribution in [2.75, 3.05) is 7.11 Å². The predicted octanol–water partition coefficient (Wildman–Crippen LogP) is 6.12. The van der Waals surface area contributed by atoms with E-state index in [2.05, 4.69) is 15.2 Å². The molecule has 0 saturated heterocycles. The number of halogens is 1. The first-order valence-electron chi connectivity index (χ1n) is 13.2. The molecule has 0 amide bonds. The summed E-state index contributed by atoms with van der Waals surface area (Å²) in [6, 6.07) is 25.1. The number of hydrogen-bond acceptors (Lipinski definition) is 8. The van der Waals surface area contributed by atoms with Crippen LogP contribution >= 0.6 is 11.6 Å². The van der Waals surface area contributed by atoms with Gasteiger partial charge in [-0.2, -0.15) is 5.10 Å². The summed E-state index contributed by atoms with van der Waals surface area (Å²) in [6.45, 7) is 2.05. The second kappa shape index (κ2) is 10.6. The van der Waals surface area contributed by atoms with Crippen LogP contribution in [-0.2, 0) is 11.4 Å². The number of aryl methyl sites for hydroxylation is 1. The van der Waals surface area contributed by atoms with Crippen LogP contribution in [-0.4, -0.2) is 42.7 Å². The third kappa shape index (κ3) is 4.61. The molecule has 42 heavy (non-hydrogen) atoms. The van der Waals surface area contributed by atoms with Crippen LogP contribution in [0.3, 0.4) is 0 Å². The Kier molecular flexibility index (Phi) is 6.52. The monoisotopic (exact) mass is 577 g/mol. The number of benzene rings is 3. The molecule has 7 rings (SSSR count). The SMILES string of the molecule is COc1ccc([C@@H]2c3c(C)nn(-c4cccc(Cl)c4)c3Oc3ncn4nc(CO/N=C\c5ccccc5)nc4c32)cc1. The van der Waals surface area contributed by atoms with E-state index in [9.17, 15) is 0 Å². The summed E-state index contributed by atoms with van der Waals surface area (Å²) >= 11 is 6.32. The summed E-state index contributed by atoms with van der Waals surface area (Å²) in [5.41, 5.74) is 5.79. The largest absolute Gasteiger partial charge is 0.497 e. The highest BCUT2D eigenvalue weighted by Crippen LogP contribution is 2.49. The normalized spacial score (nSPS) is 14.0. The van der Waals surface area contributed by atoms with E-state index in [1.165, 1.54) is 0 Å². The number of ether oxygens (including phenoxy) is 2. The van der Waals surface area contributed by atoms with E-state index in [-0.39, 0.29) is 12.5 Å². The Morgan fingerprint density at radius 1 is 1.00 bits per heavy atom.